The number of hydrazone groups is 1. The lowest BCUT2D eigenvalue weighted by Crippen LogP contribution is -2.37. The molecule has 0 bridgehead atoms. The van der Waals surface area contributed by atoms with E-state index >= 15 is 0 Å². The largest absolute Gasteiger partial charge is 0.351 e. The maximum atomic E-state index is 11.8. The van der Waals surface area contributed by atoms with Gasteiger partial charge in [-0.05, 0) is 25.3 Å². The molecule has 5 heteroatoms. The van der Waals surface area contributed by atoms with E-state index in [2.05, 4.69) is 41.0 Å². The van der Waals surface area contributed by atoms with Crippen LogP contribution in [0.25, 0.3) is 0 Å². The summed E-state index contributed by atoms with van der Waals surface area (Å²) >= 11 is 0. The van der Waals surface area contributed by atoms with Crippen LogP contribution < -0.4 is 10.7 Å². The van der Waals surface area contributed by atoms with Gasteiger partial charge in [0.2, 0.25) is 5.91 Å². The topological polar surface area (TPSA) is 70.6 Å². The van der Waals surface area contributed by atoms with Gasteiger partial charge >= 0.3 is 0 Å². The number of rotatable bonds is 5. The van der Waals surface area contributed by atoms with Gasteiger partial charge in [0.15, 0.2) is 0 Å². The average molecular weight is 273 g/mol. The Labute approximate surface area is 118 Å². The monoisotopic (exact) mass is 273 g/mol. The van der Waals surface area contributed by atoms with E-state index in [1.165, 1.54) is 11.1 Å². The molecule has 0 spiro atoms. The molecule has 0 saturated heterocycles. The Balaban J connectivity index is 1.71. The maximum absolute atomic E-state index is 11.8. The Kier molecular flexibility index (Phi) is 4.87. The highest BCUT2D eigenvalue weighted by Gasteiger charge is 2.17. The number of hydrogen-bond donors (Lipinski definition) is 2. The second kappa shape index (κ2) is 6.84. The molecular formula is C15H19N3O2. The zero-order chi connectivity index (χ0) is 14.4. The number of nitrogens with one attached hydrogen (secondary N) is 2. The summed E-state index contributed by atoms with van der Waals surface area (Å²) in [7, 11) is 0. The molecule has 2 amide bonds. The Morgan fingerprint density at radius 3 is 2.95 bits per heavy atom. The first-order valence-corrected chi connectivity index (χ1v) is 6.84. The fraction of sp³-hybridized carbons (Fsp3) is 0.400. The highest BCUT2D eigenvalue weighted by atomic mass is 16.2. The second-order valence-corrected chi connectivity index (χ2v) is 4.94. The normalized spacial score (nSPS) is 14.4. The van der Waals surface area contributed by atoms with Crippen LogP contribution in [0.1, 0.15) is 30.4 Å². The summed E-state index contributed by atoms with van der Waals surface area (Å²) in [5.41, 5.74) is 5.25. The van der Waals surface area contributed by atoms with E-state index in [1.54, 1.807) is 0 Å². The molecule has 1 aliphatic rings. The van der Waals surface area contributed by atoms with Gasteiger partial charge in [-0.1, -0.05) is 29.8 Å². The first-order chi connectivity index (χ1) is 9.65. The van der Waals surface area contributed by atoms with Gasteiger partial charge in [0.05, 0.1) is 0 Å². The molecule has 0 atom stereocenters. The summed E-state index contributed by atoms with van der Waals surface area (Å²) in [4.78, 5) is 22.7. The van der Waals surface area contributed by atoms with Crippen LogP contribution in [-0.2, 0) is 16.0 Å². The van der Waals surface area contributed by atoms with E-state index in [4.69, 9.17) is 0 Å². The molecule has 2 N–H and O–H groups in total. The summed E-state index contributed by atoms with van der Waals surface area (Å²) in [6.07, 6.45) is 2.56. The van der Waals surface area contributed by atoms with Gasteiger partial charge in [0.25, 0.3) is 5.91 Å². The predicted molar refractivity (Wildman–Crippen MR) is 77.3 cm³/mol. The third kappa shape index (κ3) is 4.19. The molecule has 0 unspecified atom stereocenters. The number of hydrogen-bond acceptors (Lipinski definition) is 3. The minimum Gasteiger partial charge on any atom is -0.351 e. The number of carbonyl (C=O) groups is 2. The molecular weight excluding hydrogens is 254 g/mol. The summed E-state index contributed by atoms with van der Waals surface area (Å²) < 4.78 is 0. The first-order valence-electron chi connectivity index (χ1n) is 6.84. The standard InChI is InChI=1S/C15H19N3O2/c1-11-4-2-5-12(10-11)6-3-9-16-15(20)13-7-8-14(19)18-17-13/h2,4-5,10H,3,6-9H2,1H3,(H,16,20)(H,18,19). The molecule has 20 heavy (non-hydrogen) atoms. The van der Waals surface area contributed by atoms with E-state index in [-0.39, 0.29) is 11.8 Å². The van der Waals surface area contributed by atoms with Crippen molar-refractivity contribution in [1.82, 2.24) is 10.7 Å². The van der Waals surface area contributed by atoms with Crippen molar-refractivity contribution in [2.24, 2.45) is 5.10 Å². The van der Waals surface area contributed by atoms with Crippen molar-refractivity contribution in [2.45, 2.75) is 32.6 Å². The van der Waals surface area contributed by atoms with Crippen LogP contribution in [0.5, 0.6) is 0 Å². The summed E-state index contributed by atoms with van der Waals surface area (Å²) in [6, 6.07) is 8.36. The van der Waals surface area contributed by atoms with Crippen LogP contribution in [0.2, 0.25) is 0 Å². The molecule has 1 aromatic carbocycles. The van der Waals surface area contributed by atoms with Crippen LogP contribution in [0.4, 0.5) is 0 Å². The van der Waals surface area contributed by atoms with Crippen molar-refractivity contribution in [2.75, 3.05) is 6.54 Å². The number of nitrogens with zero attached hydrogens (tertiary/aromatic N) is 1. The van der Waals surface area contributed by atoms with Crippen molar-refractivity contribution in [1.29, 1.82) is 0 Å². The fourth-order valence-corrected chi connectivity index (χ4v) is 2.10. The van der Waals surface area contributed by atoms with E-state index in [9.17, 15) is 9.59 Å². The Morgan fingerprint density at radius 1 is 1.40 bits per heavy atom. The van der Waals surface area contributed by atoms with Gasteiger partial charge in [0.1, 0.15) is 5.71 Å². The second-order valence-electron chi connectivity index (χ2n) is 4.94. The number of carbonyl (C=O) groups excluding carboxylic acids is 2. The SMILES string of the molecule is Cc1cccc(CCCNC(=O)C2=NNC(=O)CC2)c1. The van der Waals surface area contributed by atoms with Crippen LogP contribution in [0, 0.1) is 6.92 Å². The van der Waals surface area contributed by atoms with Gasteiger partial charge in [0, 0.05) is 19.4 Å². The zero-order valence-corrected chi connectivity index (χ0v) is 11.6. The van der Waals surface area contributed by atoms with Gasteiger partial charge in [-0.3, -0.25) is 9.59 Å². The lowest BCUT2D eigenvalue weighted by Gasteiger charge is -2.11. The Hall–Kier alpha value is -2.17. The van der Waals surface area contributed by atoms with E-state index < -0.39 is 0 Å². The summed E-state index contributed by atoms with van der Waals surface area (Å²) in [5.74, 6) is -0.324. The minimum atomic E-state index is -0.186. The maximum Gasteiger partial charge on any atom is 0.267 e. The quantitative estimate of drug-likeness (QED) is 0.794. The summed E-state index contributed by atoms with van der Waals surface area (Å²) in [5, 5.41) is 6.60. The van der Waals surface area contributed by atoms with E-state index in [0.717, 1.165) is 12.8 Å². The van der Waals surface area contributed by atoms with Gasteiger partial charge < -0.3 is 5.32 Å². The first kappa shape index (κ1) is 14.2. The molecule has 0 aromatic heterocycles. The third-order valence-corrected chi connectivity index (χ3v) is 3.18. The fourth-order valence-electron chi connectivity index (χ4n) is 2.10. The van der Waals surface area contributed by atoms with Crippen LogP contribution in [-0.4, -0.2) is 24.1 Å². The van der Waals surface area contributed by atoms with Crippen molar-refractivity contribution in [3.8, 4) is 0 Å². The number of aryl methyl sites for hydroxylation is 2. The molecule has 1 aliphatic heterocycles. The lowest BCUT2D eigenvalue weighted by molar-refractivity contribution is -0.121. The van der Waals surface area contributed by atoms with Crippen LogP contribution in [0.15, 0.2) is 29.4 Å². The van der Waals surface area contributed by atoms with Crippen LogP contribution in [0.3, 0.4) is 0 Å². The molecule has 2 rings (SSSR count). The third-order valence-electron chi connectivity index (χ3n) is 3.18. The molecule has 1 heterocycles. The van der Waals surface area contributed by atoms with Gasteiger partial charge in [-0.2, -0.15) is 5.10 Å². The predicted octanol–water partition coefficient (Wildman–Crippen LogP) is 1.31. The molecule has 106 valence electrons. The highest BCUT2D eigenvalue weighted by Crippen LogP contribution is 2.06. The van der Waals surface area contributed by atoms with E-state index in [0.29, 0.717) is 25.1 Å². The lowest BCUT2D eigenvalue weighted by atomic mass is 10.1. The molecule has 1 aromatic rings. The highest BCUT2D eigenvalue weighted by molar-refractivity contribution is 6.39. The molecule has 0 aliphatic carbocycles. The molecule has 0 radical (unpaired) electrons. The number of amides is 2. The van der Waals surface area contributed by atoms with Crippen molar-refractivity contribution in [3.05, 3.63) is 35.4 Å². The van der Waals surface area contributed by atoms with Gasteiger partial charge in [-0.15, -0.1) is 0 Å². The molecule has 0 fully saturated rings. The molecule has 0 saturated carbocycles. The molecule has 5 nitrogen and oxygen atoms in total. The van der Waals surface area contributed by atoms with E-state index in [1.807, 2.05) is 6.07 Å². The van der Waals surface area contributed by atoms with Crippen LogP contribution >= 0.6 is 0 Å². The average Bonchev–Trinajstić information content (AvgIpc) is 2.44. The number of benzene rings is 1. The Morgan fingerprint density at radius 2 is 2.25 bits per heavy atom. The zero-order valence-electron chi connectivity index (χ0n) is 11.6. The summed E-state index contributed by atoms with van der Waals surface area (Å²) in [6.45, 7) is 2.68. The van der Waals surface area contributed by atoms with Crippen molar-refractivity contribution >= 4 is 17.5 Å². The van der Waals surface area contributed by atoms with Crippen molar-refractivity contribution < 1.29 is 9.59 Å². The Bertz CT molecular complexity index is 538. The van der Waals surface area contributed by atoms with Crippen molar-refractivity contribution in [3.63, 3.8) is 0 Å². The van der Waals surface area contributed by atoms with Gasteiger partial charge in [-0.25, -0.2) is 5.43 Å². The smallest absolute Gasteiger partial charge is 0.267 e. The minimum absolute atomic E-state index is 0.138.